The minimum atomic E-state index is -0.0456. The average molecular weight is 303 g/mol. The van der Waals surface area contributed by atoms with Gasteiger partial charge in [-0.1, -0.05) is 6.08 Å². The SMILES string of the molecule is C=CCN1CCN(C(=O)Nc2ccc(OC(C)C)cc2)CC1. The number of nitrogens with zero attached hydrogens (tertiary/aromatic N) is 2. The number of hydrogen-bond donors (Lipinski definition) is 1. The van der Waals surface area contributed by atoms with Crippen LogP contribution >= 0.6 is 0 Å². The lowest BCUT2D eigenvalue weighted by molar-refractivity contribution is 0.156. The van der Waals surface area contributed by atoms with Gasteiger partial charge in [-0.25, -0.2) is 4.79 Å². The predicted octanol–water partition coefficient (Wildman–Crippen LogP) is 2.81. The molecular weight excluding hydrogens is 278 g/mol. The molecule has 120 valence electrons. The molecule has 2 rings (SSSR count). The van der Waals surface area contributed by atoms with Gasteiger partial charge in [-0.3, -0.25) is 4.90 Å². The number of hydrogen-bond acceptors (Lipinski definition) is 3. The van der Waals surface area contributed by atoms with Gasteiger partial charge in [0.1, 0.15) is 5.75 Å². The van der Waals surface area contributed by atoms with E-state index in [1.807, 2.05) is 49.1 Å². The van der Waals surface area contributed by atoms with Gasteiger partial charge in [-0.05, 0) is 38.1 Å². The molecule has 1 heterocycles. The van der Waals surface area contributed by atoms with Gasteiger partial charge >= 0.3 is 6.03 Å². The molecule has 0 aromatic heterocycles. The third-order valence-corrected chi connectivity index (χ3v) is 3.52. The number of amides is 2. The van der Waals surface area contributed by atoms with E-state index in [1.54, 1.807) is 0 Å². The van der Waals surface area contributed by atoms with E-state index < -0.39 is 0 Å². The molecular formula is C17H25N3O2. The first kappa shape index (κ1) is 16.4. The predicted molar refractivity (Wildman–Crippen MR) is 89.4 cm³/mol. The van der Waals surface area contributed by atoms with Gasteiger partial charge in [-0.2, -0.15) is 0 Å². The topological polar surface area (TPSA) is 44.8 Å². The lowest BCUT2D eigenvalue weighted by Gasteiger charge is -2.34. The third-order valence-electron chi connectivity index (χ3n) is 3.52. The van der Waals surface area contributed by atoms with Crippen LogP contribution in [0.3, 0.4) is 0 Å². The van der Waals surface area contributed by atoms with Crippen molar-refractivity contribution in [1.29, 1.82) is 0 Å². The Kier molecular flexibility index (Phi) is 5.83. The molecule has 0 aliphatic carbocycles. The molecule has 1 saturated heterocycles. The third kappa shape index (κ3) is 4.77. The lowest BCUT2D eigenvalue weighted by Crippen LogP contribution is -2.49. The molecule has 0 saturated carbocycles. The van der Waals surface area contributed by atoms with Crippen LogP contribution in [0.1, 0.15) is 13.8 Å². The number of rotatable bonds is 5. The minimum absolute atomic E-state index is 0.0456. The van der Waals surface area contributed by atoms with E-state index in [9.17, 15) is 4.79 Å². The number of anilines is 1. The number of urea groups is 1. The van der Waals surface area contributed by atoms with Crippen LogP contribution in [-0.2, 0) is 0 Å². The molecule has 1 aromatic carbocycles. The van der Waals surface area contributed by atoms with Crippen LogP contribution in [-0.4, -0.2) is 54.7 Å². The van der Waals surface area contributed by atoms with E-state index >= 15 is 0 Å². The Morgan fingerprint density at radius 3 is 2.45 bits per heavy atom. The number of carbonyl (C=O) groups excluding carboxylic acids is 1. The molecule has 1 N–H and O–H groups in total. The fourth-order valence-electron chi connectivity index (χ4n) is 2.41. The number of carbonyl (C=O) groups is 1. The van der Waals surface area contributed by atoms with Gasteiger partial charge in [0.25, 0.3) is 0 Å². The molecule has 5 nitrogen and oxygen atoms in total. The number of piperazine rings is 1. The van der Waals surface area contributed by atoms with Crippen LogP contribution in [0.5, 0.6) is 5.75 Å². The standard InChI is InChI=1S/C17H25N3O2/c1-4-9-19-10-12-20(13-11-19)17(21)18-15-5-7-16(8-6-15)22-14(2)3/h4-8,14H,1,9-13H2,2-3H3,(H,18,21). The normalized spacial score (nSPS) is 15.7. The Morgan fingerprint density at radius 2 is 1.91 bits per heavy atom. The quantitative estimate of drug-likeness (QED) is 0.851. The Hall–Kier alpha value is -2.01. The minimum Gasteiger partial charge on any atom is -0.491 e. The van der Waals surface area contributed by atoms with Crippen LogP contribution in [0.2, 0.25) is 0 Å². The summed E-state index contributed by atoms with van der Waals surface area (Å²) < 4.78 is 5.59. The fourth-order valence-corrected chi connectivity index (χ4v) is 2.41. The van der Waals surface area contributed by atoms with Crippen LogP contribution in [0.15, 0.2) is 36.9 Å². The van der Waals surface area contributed by atoms with Gasteiger partial charge < -0.3 is 15.0 Å². The van der Waals surface area contributed by atoms with Gasteiger partial charge in [0.15, 0.2) is 0 Å². The number of nitrogens with one attached hydrogen (secondary N) is 1. The number of benzene rings is 1. The van der Waals surface area contributed by atoms with E-state index in [1.165, 1.54) is 0 Å². The Morgan fingerprint density at radius 1 is 1.27 bits per heavy atom. The molecule has 0 spiro atoms. The highest BCUT2D eigenvalue weighted by atomic mass is 16.5. The smallest absolute Gasteiger partial charge is 0.321 e. The zero-order valence-corrected chi connectivity index (χ0v) is 13.4. The summed E-state index contributed by atoms with van der Waals surface area (Å²) in [6.07, 6.45) is 2.04. The van der Waals surface area contributed by atoms with Crippen molar-refractivity contribution >= 4 is 11.7 Å². The highest BCUT2D eigenvalue weighted by Crippen LogP contribution is 2.17. The Balaban J connectivity index is 1.83. The van der Waals surface area contributed by atoms with Crippen molar-refractivity contribution in [2.45, 2.75) is 20.0 Å². The first-order valence-electron chi connectivity index (χ1n) is 7.74. The summed E-state index contributed by atoms with van der Waals surface area (Å²) in [5, 5.41) is 2.93. The van der Waals surface area contributed by atoms with Crippen LogP contribution in [0.25, 0.3) is 0 Å². The summed E-state index contributed by atoms with van der Waals surface area (Å²) in [7, 11) is 0. The second-order valence-corrected chi connectivity index (χ2v) is 5.70. The summed E-state index contributed by atoms with van der Waals surface area (Å²) in [5.41, 5.74) is 0.787. The molecule has 0 atom stereocenters. The highest BCUT2D eigenvalue weighted by Gasteiger charge is 2.20. The first-order valence-corrected chi connectivity index (χ1v) is 7.74. The summed E-state index contributed by atoms with van der Waals surface area (Å²) in [6.45, 7) is 11.9. The first-order chi connectivity index (χ1) is 10.6. The molecule has 0 bridgehead atoms. The van der Waals surface area contributed by atoms with Gasteiger partial charge in [-0.15, -0.1) is 6.58 Å². The number of ether oxygens (including phenoxy) is 1. The van der Waals surface area contributed by atoms with E-state index in [0.29, 0.717) is 0 Å². The monoisotopic (exact) mass is 303 g/mol. The van der Waals surface area contributed by atoms with Crippen molar-refractivity contribution < 1.29 is 9.53 Å². The van der Waals surface area contributed by atoms with Gasteiger partial charge in [0.2, 0.25) is 0 Å². The average Bonchev–Trinajstić information content (AvgIpc) is 2.50. The summed E-state index contributed by atoms with van der Waals surface area (Å²) in [4.78, 5) is 16.4. The van der Waals surface area contributed by atoms with Gasteiger partial charge in [0, 0.05) is 38.4 Å². The van der Waals surface area contributed by atoms with Crippen LogP contribution < -0.4 is 10.1 Å². The lowest BCUT2D eigenvalue weighted by atomic mass is 10.3. The zero-order chi connectivity index (χ0) is 15.9. The van der Waals surface area contributed by atoms with E-state index in [4.69, 9.17) is 4.74 Å². The molecule has 5 heteroatoms. The maximum atomic E-state index is 12.2. The summed E-state index contributed by atoms with van der Waals surface area (Å²) in [5.74, 6) is 0.811. The Bertz CT molecular complexity index is 491. The largest absolute Gasteiger partial charge is 0.491 e. The molecule has 1 aliphatic rings. The fraction of sp³-hybridized carbons (Fsp3) is 0.471. The van der Waals surface area contributed by atoms with Crippen molar-refractivity contribution in [3.05, 3.63) is 36.9 Å². The molecule has 1 aromatic rings. The highest BCUT2D eigenvalue weighted by molar-refractivity contribution is 5.89. The van der Waals surface area contributed by atoms with Gasteiger partial charge in [0.05, 0.1) is 6.10 Å². The molecule has 22 heavy (non-hydrogen) atoms. The van der Waals surface area contributed by atoms with Crippen LogP contribution in [0, 0.1) is 0 Å². The Labute approximate surface area is 132 Å². The van der Waals surface area contributed by atoms with E-state index in [0.717, 1.165) is 44.2 Å². The van der Waals surface area contributed by atoms with Crippen molar-refractivity contribution in [2.75, 3.05) is 38.0 Å². The maximum absolute atomic E-state index is 12.2. The van der Waals surface area contributed by atoms with Crippen LogP contribution in [0.4, 0.5) is 10.5 Å². The second-order valence-electron chi connectivity index (χ2n) is 5.70. The van der Waals surface area contributed by atoms with E-state index in [2.05, 4.69) is 16.8 Å². The molecule has 2 amide bonds. The van der Waals surface area contributed by atoms with Crippen molar-refractivity contribution in [1.82, 2.24) is 9.80 Å². The second kappa shape index (κ2) is 7.84. The summed E-state index contributed by atoms with van der Waals surface area (Å²) in [6, 6.07) is 7.43. The van der Waals surface area contributed by atoms with E-state index in [-0.39, 0.29) is 12.1 Å². The molecule has 0 radical (unpaired) electrons. The molecule has 1 aliphatic heterocycles. The zero-order valence-electron chi connectivity index (χ0n) is 13.4. The molecule has 0 unspecified atom stereocenters. The van der Waals surface area contributed by atoms with Crippen molar-refractivity contribution in [3.8, 4) is 5.75 Å². The maximum Gasteiger partial charge on any atom is 0.321 e. The van der Waals surface area contributed by atoms with Crippen molar-refractivity contribution in [3.63, 3.8) is 0 Å². The van der Waals surface area contributed by atoms with Crippen molar-refractivity contribution in [2.24, 2.45) is 0 Å². The molecule has 1 fully saturated rings. The summed E-state index contributed by atoms with van der Waals surface area (Å²) >= 11 is 0.